The summed E-state index contributed by atoms with van der Waals surface area (Å²) in [6.07, 6.45) is 2.13. The predicted octanol–water partition coefficient (Wildman–Crippen LogP) is 1.79. The van der Waals surface area contributed by atoms with E-state index in [2.05, 4.69) is 37.5 Å². The average Bonchev–Trinajstić information content (AvgIpc) is 2.31. The molecule has 5 nitrogen and oxygen atoms in total. The van der Waals surface area contributed by atoms with Crippen LogP contribution in [0.15, 0.2) is 0 Å². The molecule has 0 aromatic carbocycles. The highest BCUT2D eigenvalue weighted by molar-refractivity contribution is 5.53. The summed E-state index contributed by atoms with van der Waals surface area (Å²) in [5, 5.41) is 30.2. The zero-order valence-electron chi connectivity index (χ0n) is 10.9. The van der Waals surface area contributed by atoms with Crippen molar-refractivity contribution in [3.8, 4) is 23.7 Å². The fourth-order valence-corrected chi connectivity index (χ4v) is 0.539. The van der Waals surface area contributed by atoms with Crippen molar-refractivity contribution in [1.29, 1.82) is 0 Å². The molecule has 0 rings (SSSR count). The molecule has 0 bridgehead atoms. The molecule has 0 atom stereocenters. The third kappa shape index (κ3) is 63.7. The van der Waals surface area contributed by atoms with Gasteiger partial charge in [-0.25, -0.2) is 4.79 Å². The number of aliphatic hydroxyl groups is 2. The molecular weight excluding hydrogens is 236 g/mol. The Balaban J connectivity index is -0.000000196. The van der Waals surface area contributed by atoms with Crippen molar-refractivity contribution < 1.29 is 25.2 Å². The number of hydrogen-bond donors (Lipinski definition) is 4. The van der Waals surface area contributed by atoms with Gasteiger partial charge in [0.25, 0.3) is 0 Å². The molecule has 18 heavy (non-hydrogen) atoms. The molecule has 0 aliphatic heterocycles. The van der Waals surface area contributed by atoms with Crippen LogP contribution in [0, 0.1) is 23.7 Å². The quantitative estimate of drug-likeness (QED) is 0.566. The van der Waals surface area contributed by atoms with Crippen LogP contribution in [0.5, 0.6) is 0 Å². The van der Waals surface area contributed by atoms with E-state index in [-0.39, 0.29) is 13.2 Å². The second-order valence-corrected chi connectivity index (χ2v) is 2.81. The Morgan fingerprint density at radius 2 is 1.11 bits per heavy atom. The van der Waals surface area contributed by atoms with Crippen molar-refractivity contribution in [2.75, 3.05) is 13.2 Å². The molecule has 0 saturated carbocycles. The first kappa shape index (κ1) is 21.6. The van der Waals surface area contributed by atoms with Crippen LogP contribution in [0.3, 0.4) is 0 Å². The Morgan fingerprint density at radius 1 is 0.833 bits per heavy atom. The molecule has 4 N–H and O–H groups in total. The molecule has 0 radical (unpaired) electrons. The fraction of sp³-hybridized carbons (Fsp3) is 0.615. The number of hydrogen-bond acceptors (Lipinski definition) is 3. The van der Waals surface area contributed by atoms with Crippen LogP contribution in [-0.4, -0.2) is 39.8 Å². The number of aliphatic hydroxyl groups excluding tert-OH is 2. The van der Waals surface area contributed by atoms with Gasteiger partial charge in [-0.3, -0.25) is 0 Å². The van der Waals surface area contributed by atoms with Crippen LogP contribution < -0.4 is 0 Å². The van der Waals surface area contributed by atoms with E-state index in [0.717, 1.165) is 25.7 Å². The van der Waals surface area contributed by atoms with Crippen molar-refractivity contribution in [2.24, 2.45) is 0 Å². The number of carbonyl (C=O) groups is 1. The lowest BCUT2D eigenvalue weighted by atomic mass is 10.3. The summed E-state index contributed by atoms with van der Waals surface area (Å²) in [5.41, 5.74) is 0. The van der Waals surface area contributed by atoms with E-state index in [0.29, 0.717) is 0 Å². The summed E-state index contributed by atoms with van der Waals surface area (Å²) < 4.78 is 0. The fourth-order valence-electron chi connectivity index (χ4n) is 0.539. The lowest BCUT2D eigenvalue weighted by molar-refractivity contribution is 0.137. The van der Waals surface area contributed by atoms with Gasteiger partial charge in [-0.1, -0.05) is 25.7 Å². The van der Waals surface area contributed by atoms with Crippen LogP contribution in [0.25, 0.3) is 0 Å². The summed E-state index contributed by atoms with van der Waals surface area (Å²) in [7, 11) is 0. The van der Waals surface area contributed by atoms with Crippen molar-refractivity contribution in [1.82, 2.24) is 0 Å². The number of carboxylic acid groups (broad SMARTS) is 2. The Kier molecular flexibility index (Phi) is 29.4. The maximum Gasteiger partial charge on any atom is 0.503 e. The summed E-state index contributed by atoms with van der Waals surface area (Å²) in [4.78, 5) is 8.56. The van der Waals surface area contributed by atoms with Crippen LogP contribution in [-0.2, 0) is 0 Å². The third-order valence-electron chi connectivity index (χ3n) is 1.16. The van der Waals surface area contributed by atoms with Gasteiger partial charge in [0.05, 0.1) is 0 Å². The summed E-state index contributed by atoms with van der Waals surface area (Å²) in [6, 6.07) is 0. The van der Waals surface area contributed by atoms with Gasteiger partial charge in [-0.15, -0.1) is 11.8 Å². The van der Waals surface area contributed by atoms with Crippen LogP contribution in [0.2, 0.25) is 0 Å². The summed E-state index contributed by atoms with van der Waals surface area (Å²) in [5.74, 6) is 10.7. The first-order valence-corrected chi connectivity index (χ1v) is 5.61. The van der Waals surface area contributed by atoms with Crippen molar-refractivity contribution in [3.05, 3.63) is 0 Å². The summed E-state index contributed by atoms with van der Waals surface area (Å²) in [6.45, 7) is 4.12. The van der Waals surface area contributed by atoms with E-state index >= 15 is 0 Å². The molecule has 104 valence electrons. The van der Waals surface area contributed by atoms with Crippen LogP contribution >= 0.6 is 0 Å². The first-order valence-electron chi connectivity index (χ1n) is 5.61. The smallest absolute Gasteiger partial charge is 0.450 e. The highest BCUT2D eigenvalue weighted by Crippen LogP contribution is 1.79. The van der Waals surface area contributed by atoms with Gasteiger partial charge >= 0.3 is 6.16 Å². The average molecular weight is 258 g/mol. The van der Waals surface area contributed by atoms with Gasteiger partial charge < -0.3 is 20.4 Å². The van der Waals surface area contributed by atoms with E-state index in [1.54, 1.807) is 0 Å². The minimum Gasteiger partial charge on any atom is -0.450 e. The standard InChI is InChI=1S/2C6H10O.CH2O3/c2*1-2-3-4-5-6-7;2-1(3)4/h2*7H,2-3,6H2,1H3;(H2,2,3,4). The van der Waals surface area contributed by atoms with Crippen molar-refractivity contribution in [3.63, 3.8) is 0 Å². The Morgan fingerprint density at radius 3 is 1.28 bits per heavy atom. The zero-order chi connectivity index (χ0) is 14.6. The van der Waals surface area contributed by atoms with Crippen LogP contribution in [0.4, 0.5) is 4.79 Å². The number of rotatable bonds is 2. The van der Waals surface area contributed by atoms with Gasteiger partial charge in [0.15, 0.2) is 0 Å². The molecule has 0 unspecified atom stereocenters. The Hall–Kier alpha value is -1.69. The summed E-state index contributed by atoms with van der Waals surface area (Å²) >= 11 is 0. The van der Waals surface area contributed by atoms with E-state index < -0.39 is 6.16 Å². The van der Waals surface area contributed by atoms with Gasteiger partial charge in [0.1, 0.15) is 13.2 Å². The van der Waals surface area contributed by atoms with E-state index in [1.165, 1.54) is 0 Å². The second-order valence-electron chi connectivity index (χ2n) is 2.81. The van der Waals surface area contributed by atoms with Crippen molar-refractivity contribution >= 4 is 6.16 Å². The minimum absolute atomic E-state index is 0. The predicted molar refractivity (Wildman–Crippen MR) is 70.2 cm³/mol. The topological polar surface area (TPSA) is 98.0 Å². The Bertz CT molecular complexity index is 249. The molecule has 0 saturated heterocycles. The first-order chi connectivity index (χ1) is 8.56. The molecule has 5 heteroatoms. The molecule has 0 spiro atoms. The monoisotopic (exact) mass is 258 g/mol. The largest absolute Gasteiger partial charge is 0.503 e. The van der Waals surface area contributed by atoms with E-state index in [9.17, 15) is 0 Å². The van der Waals surface area contributed by atoms with E-state index in [1.807, 2.05) is 0 Å². The lowest BCUT2D eigenvalue weighted by Gasteiger charge is -1.74. The minimum atomic E-state index is -1.83. The normalized spacial score (nSPS) is 6.89. The molecule has 0 amide bonds. The van der Waals surface area contributed by atoms with Crippen molar-refractivity contribution in [2.45, 2.75) is 39.5 Å². The van der Waals surface area contributed by atoms with Gasteiger partial charge in [-0.2, -0.15) is 0 Å². The number of unbranched alkanes of at least 4 members (excludes halogenated alkanes) is 2. The van der Waals surface area contributed by atoms with Gasteiger partial charge in [-0.05, 0) is 12.8 Å². The SMILES string of the molecule is CCCC#CCO.CCCC#CCO.O=C(O)O. The maximum atomic E-state index is 8.56. The zero-order valence-corrected chi connectivity index (χ0v) is 10.9. The molecule has 0 aromatic rings. The van der Waals surface area contributed by atoms with Gasteiger partial charge in [0.2, 0.25) is 0 Å². The molecule has 0 aliphatic rings. The second kappa shape index (κ2) is 24.5. The molecule has 0 aliphatic carbocycles. The van der Waals surface area contributed by atoms with Crippen LogP contribution in [0.1, 0.15) is 39.5 Å². The lowest BCUT2D eigenvalue weighted by Crippen LogP contribution is -1.81. The molecule has 0 heterocycles. The molecule has 0 fully saturated rings. The maximum absolute atomic E-state index is 8.56. The molecular formula is C13H22O5. The third-order valence-corrected chi connectivity index (χ3v) is 1.16. The molecule has 0 aromatic heterocycles. The van der Waals surface area contributed by atoms with E-state index in [4.69, 9.17) is 25.2 Å². The van der Waals surface area contributed by atoms with Gasteiger partial charge in [0, 0.05) is 12.8 Å². The highest BCUT2D eigenvalue weighted by Gasteiger charge is 1.70. The Labute approximate surface area is 108 Å². The highest BCUT2D eigenvalue weighted by atomic mass is 16.6.